The number of rotatable bonds is 8. The van der Waals surface area contributed by atoms with Gasteiger partial charge in [-0.1, -0.05) is 11.6 Å². The third-order valence-corrected chi connectivity index (χ3v) is 6.34. The SMILES string of the molecule is O=[N+]([O-])c1ccc(N/N=C/c2cc3c(cc2[N+](=O)[O-])OCO3)c(S(=O)(=O)Nc2ccc(Cl)cc2)c1. The lowest BCUT2D eigenvalue weighted by Gasteiger charge is -2.12. The molecular weight excluding hydrogens is 506 g/mol. The number of nitro benzene ring substituents is 2. The topological polar surface area (TPSA) is 175 Å². The van der Waals surface area contributed by atoms with Crippen LogP contribution in [0.15, 0.2) is 64.6 Å². The Morgan fingerprint density at radius 1 is 0.971 bits per heavy atom. The molecule has 0 atom stereocenters. The van der Waals surface area contributed by atoms with E-state index in [1.165, 1.54) is 36.4 Å². The van der Waals surface area contributed by atoms with Crippen LogP contribution in [0.4, 0.5) is 22.7 Å². The first-order valence-corrected chi connectivity index (χ1v) is 11.4. The van der Waals surface area contributed by atoms with Gasteiger partial charge in [0.15, 0.2) is 11.5 Å². The van der Waals surface area contributed by atoms with E-state index in [-0.39, 0.29) is 40.9 Å². The monoisotopic (exact) mass is 519 g/mol. The van der Waals surface area contributed by atoms with Gasteiger partial charge in [-0.2, -0.15) is 5.10 Å². The van der Waals surface area contributed by atoms with E-state index >= 15 is 0 Å². The van der Waals surface area contributed by atoms with Gasteiger partial charge in [0.1, 0.15) is 4.90 Å². The summed E-state index contributed by atoms with van der Waals surface area (Å²) >= 11 is 5.82. The molecule has 1 aliphatic rings. The molecule has 0 bridgehead atoms. The molecule has 15 heteroatoms. The second-order valence-corrected chi connectivity index (χ2v) is 9.03. The highest BCUT2D eigenvalue weighted by atomic mass is 35.5. The summed E-state index contributed by atoms with van der Waals surface area (Å²) in [6, 6.07) is 11.4. The predicted molar refractivity (Wildman–Crippen MR) is 126 cm³/mol. The van der Waals surface area contributed by atoms with Crippen molar-refractivity contribution in [1.82, 2.24) is 0 Å². The number of sulfonamides is 1. The fourth-order valence-corrected chi connectivity index (χ4v) is 4.41. The summed E-state index contributed by atoms with van der Waals surface area (Å²) in [5.41, 5.74) is 1.80. The van der Waals surface area contributed by atoms with Crippen molar-refractivity contribution >= 4 is 50.6 Å². The molecule has 35 heavy (non-hydrogen) atoms. The van der Waals surface area contributed by atoms with Gasteiger partial charge in [0, 0.05) is 22.8 Å². The lowest BCUT2D eigenvalue weighted by Crippen LogP contribution is -2.15. The summed E-state index contributed by atoms with van der Waals surface area (Å²) in [6.45, 7) is -0.0873. The van der Waals surface area contributed by atoms with Gasteiger partial charge < -0.3 is 9.47 Å². The third kappa shape index (κ3) is 5.23. The van der Waals surface area contributed by atoms with Crippen molar-refractivity contribution < 1.29 is 27.7 Å². The molecule has 2 N–H and O–H groups in total. The number of hydrogen-bond donors (Lipinski definition) is 2. The van der Waals surface area contributed by atoms with Gasteiger partial charge in [0.2, 0.25) is 6.79 Å². The van der Waals surface area contributed by atoms with Crippen molar-refractivity contribution in [3.8, 4) is 11.5 Å². The summed E-state index contributed by atoms with van der Waals surface area (Å²) in [7, 11) is -4.32. The van der Waals surface area contributed by atoms with E-state index in [0.29, 0.717) is 5.02 Å². The smallest absolute Gasteiger partial charge is 0.282 e. The van der Waals surface area contributed by atoms with E-state index in [4.69, 9.17) is 21.1 Å². The van der Waals surface area contributed by atoms with Crippen LogP contribution in [0.5, 0.6) is 11.5 Å². The van der Waals surface area contributed by atoms with Gasteiger partial charge in [0.05, 0.1) is 33.4 Å². The highest BCUT2D eigenvalue weighted by Gasteiger charge is 2.24. The van der Waals surface area contributed by atoms with E-state index in [9.17, 15) is 28.6 Å². The van der Waals surface area contributed by atoms with E-state index in [1.807, 2.05) is 0 Å². The second kappa shape index (κ2) is 9.44. The van der Waals surface area contributed by atoms with Crippen LogP contribution in [0.2, 0.25) is 5.02 Å². The molecule has 1 aliphatic heterocycles. The maximum atomic E-state index is 13.0. The molecule has 1 heterocycles. The molecule has 0 saturated heterocycles. The zero-order chi connectivity index (χ0) is 25.2. The maximum absolute atomic E-state index is 13.0. The molecule has 0 aliphatic carbocycles. The lowest BCUT2D eigenvalue weighted by molar-refractivity contribution is -0.385. The van der Waals surface area contributed by atoms with Crippen molar-refractivity contribution in [1.29, 1.82) is 0 Å². The molecule has 0 saturated carbocycles. The summed E-state index contributed by atoms with van der Waals surface area (Å²) in [4.78, 5) is 20.8. The predicted octanol–water partition coefficient (Wildman–Crippen LogP) is 4.13. The Morgan fingerprint density at radius 3 is 2.31 bits per heavy atom. The van der Waals surface area contributed by atoms with Crippen LogP contribution in [-0.4, -0.2) is 31.3 Å². The highest BCUT2D eigenvalue weighted by Crippen LogP contribution is 2.37. The number of anilines is 2. The summed E-state index contributed by atoms with van der Waals surface area (Å²) in [6.07, 6.45) is 1.09. The Labute approximate surface area is 202 Å². The molecule has 3 aromatic rings. The Balaban J connectivity index is 1.67. The van der Waals surface area contributed by atoms with Gasteiger partial charge in [-0.05, 0) is 36.4 Å². The number of benzene rings is 3. The minimum Gasteiger partial charge on any atom is -0.454 e. The zero-order valence-corrected chi connectivity index (χ0v) is 18.9. The van der Waals surface area contributed by atoms with Crippen molar-refractivity contribution in [2.24, 2.45) is 5.10 Å². The first kappa shape index (κ1) is 23.7. The van der Waals surface area contributed by atoms with E-state index in [2.05, 4.69) is 15.2 Å². The van der Waals surface area contributed by atoms with Gasteiger partial charge in [-0.3, -0.25) is 30.4 Å². The maximum Gasteiger partial charge on any atom is 0.282 e. The van der Waals surface area contributed by atoms with Crippen molar-refractivity contribution in [2.45, 2.75) is 4.90 Å². The standard InChI is InChI=1S/C20H14ClN5O8S/c21-13-1-3-14(4-2-13)24-35(31,32)20-8-15(25(27)28)5-6-16(20)23-22-10-12-7-18-19(34-11-33-18)9-17(12)26(29)30/h1-10,23-24H,11H2/b22-10+. The van der Waals surface area contributed by atoms with Crippen LogP contribution in [0, 0.1) is 20.2 Å². The van der Waals surface area contributed by atoms with E-state index in [1.54, 1.807) is 0 Å². The van der Waals surface area contributed by atoms with E-state index in [0.717, 1.165) is 24.4 Å². The van der Waals surface area contributed by atoms with Gasteiger partial charge in [0.25, 0.3) is 21.4 Å². The van der Waals surface area contributed by atoms with Crippen molar-refractivity contribution in [2.75, 3.05) is 16.9 Å². The Bertz CT molecular complexity index is 1460. The molecule has 0 unspecified atom stereocenters. The second-order valence-electron chi connectivity index (χ2n) is 6.94. The van der Waals surface area contributed by atoms with Gasteiger partial charge in [-0.15, -0.1) is 0 Å². The van der Waals surface area contributed by atoms with Crippen LogP contribution in [-0.2, 0) is 10.0 Å². The lowest BCUT2D eigenvalue weighted by atomic mass is 10.1. The molecule has 0 fully saturated rings. The minimum atomic E-state index is -4.32. The average Bonchev–Trinajstić information content (AvgIpc) is 3.27. The van der Waals surface area contributed by atoms with Gasteiger partial charge >= 0.3 is 0 Å². The number of hydrogen-bond acceptors (Lipinski definition) is 10. The molecular formula is C20H14ClN5O8S. The molecule has 3 aromatic carbocycles. The quantitative estimate of drug-likeness (QED) is 0.251. The number of hydrazone groups is 1. The molecule has 4 rings (SSSR count). The van der Waals surface area contributed by atoms with Gasteiger partial charge in [-0.25, -0.2) is 8.42 Å². The van der Waals surface area contributed by atoms with Crippen LogP contribution < -0.4 is 19.6 Å². The third-order valence-electron chi connectivity index (χ3n) is 4.67. The Kier molecular flexibility index (Phi) is 6.40. The van der Waals surface area contributed by atoms with Crippen LogP contribution in [0.25, 0.3) is 0 Å². The molecule has 13 nitrogen and oxygen atoms in total. The van der Waals surface area contributed by atoms with Crippen molar-refractivity contribution in [3.05, 3.63) is 85.4 Å². The average molecular weight is 520 g/mol. The van der Waals surface area contributed by atoms with Crippen LogP contribution in [0.3, 0.4) is 0 Å². The van der Waals surface area contributed by atoms with E-state index < -0.39 is 30.5 Å². The fraction of sp³-hybridized carbons (Fsp3) is 0.0500. The number of fused-ring (bicyclic) bond motifs is 1. The van der Waals surface area contributed by atoms with Crippen LogP contribution in [0.1, 0.15) is 5.56 Å². The number of non-ortho nitro benzene ring substituents is 1. The molecule has 0 radical (unpaired) electrons. The number of nitrogens with zero attached hydrogens (tertiary/aromatic N) is 3. The van der Waals surface area contributed by atoms with Crippen LogP contribution >= 0.6 is 11.6 Å². The largest absolute Gasteiger partial charge is 0.454 e. The highest BCUT2D eigenvalue weighted by molar-refractivity contribution is 7.92. The minimum absolute atomic E-state index is 0.0531. The number of ether oxygens (including phenoxy) is 2. The summed E-state index contributed by atoms with van der Waals surface area (Å²) in [5.74, 6) is 0.488. The first-order valence-electron chi connectivity index (χ1n) is 9.58. The normalized spacial score (nSPS) is 12.5. The Morgan fingerprint density at radius 2 is 1.66 bits per heavy atom. The summed E-state index contributed by atoms with van der Waals surface area (Å²) < 4.78 is 38.7. The molecule has 0 aromatic heterocycles. The number of halogens is 1. The first-order chi connectivity index (χ1) is 16.6. The zero-order valence-electron chi connectivity index (χ0n) is 17.4. The van der Waals surface area contributed by atoms with Crippen molar-refractivity contribution in [3.63, 3.8) is 0 Å². The number of nitro groups is 2. The molecule has 180 valence electrons. The summed E-state index contributed by atoms with van der Waals surface area (Å²) in [5, 5.41) is 26.9. The fourth-order valence-electron chi connectivity index (χ4n) is 3.05. The molecule has 0 spiro atoms. The Hall–Kier alpha value is -4.43. The molecule has 0 amide bonds. The number of nitrogens with one attached hydrogen (secondary N) is 2.